The highest BCUT2D eigenvalue weighted by atomic mass is 16.5. The van der Waals surface area contributed by atoms with E-state index in [1.807, 2.05) is 61.8 Å². The second-order valence-electron chi connectivity index (χ2n) is 8.04. The fourth-order valence-electron chi connectivity index (χ4n) is 3.94. The number of nitrogens with one attached hydrogen (secondary N) is 1. The maximum absolute atomic E-state index is 6.15. The van der Waals surface area contributed by atoms with E-state index < -0.39 is 0 Å². The molecule has 160 valence electrons. The first-order valence-corrected chi connectivity index (χ1v) is 11.0. The zero-order valence-corrected chi connectivity index (χ0v) is 18.7. The van der Waals surface area contributed by atoms with Gasteiger partial charge in [0.25, 0.3) is 0 Å². The minimum Gasteiger partial charge on any atom is -0.457 e. The van der Waals surface area contributed by atoms with Gasteiger partial charge in [0, 0.05) is 23.0 Å². The van der Waals surface area contributed by atoms with Crippen LogP contribution in [0.4, 0.5) is 0 Å². The predicted octanol–water partition coefficient (Wildman–Crippen LogP) is 5.73. The predicted molar refractivity (Wildman–Crippen MR) is 134 cm³/mol. The van der Waals surface area contributed by atoms with Crippen LogP contribution in [0.25, 0.3) is 11.6 Å². The molecular weight excluding hydrogens is 393 g/mol. The van der Waals surface area contributed by atoms with E-state index in [-0.39, 0.29) is 0 Å². The lowest BCUT2D eigenvalue weighted by molar-refractivity contribution is 0.482. The molecule has 0 saturated carbocycles. The van der Waals surface area contributed by atoms with Crippen molar-refractivity contribution in [3.63, 3.8) is 0 Å². The summed E-state index contributed by atoms with van der Waals surface area (Å²) in [5, 5.41) is 3.24. The molecule has 4 nitrogen and oxygen atoms in total. The van der Waals surface area contributed by atoms with Crippen LogP contribution >= 0.6 is 0 Å². The molecule has 3 aromatic rings. The molecule has 1 aromatic heterocycles. The number of aliphatic imine (C=N–C) groups is 1. The molecule has 2 heterocycles. The number of allylic oxidation sites excluding steroid dienone is 2. The van der Waals surface area contributed by atoms with Gasteiger partial charge in [0.1, 0.15) is 11.5 Å². The van der Waals surface area contributed by atoms with Crippen molar-refractivity contribution in [2.24, 2.45) is 10.9 Å². The molecule has 5 heteroatoms. The molecule has 0 spiro atoms. The molecule has 1 aliphatic rings. The Bertz CT molecular complexity index is 1130. The molecule has 1 N–H and O–H groups in total. The lowest BCUT2D eigenvalue weighted by Gasteiger charge is -2.14. The van der Waals surface area contributed by atoms with Crippen molar-refractivity contribution in [1.82, 2.24) is 9.79 Å². The van der Waals surface area contributed by atoms with Gasteiger partial charge in [-0.05, 0) is 86.2 Å². The molecule has 1 atom stereocenters. The Morgan fingerprint density at radius 1 is 1.06 bits per heavy atom. The summed E-state index contributed by atoms with van der Waals surface area (Å²) < 4.78 is 7.56. The van der Waals surface area contributed by atoms with Gasteiger partial charge in [0.2, 0.25) is 7.98 Å². The van der Waals surface area contributed by atoms with Gasteiger partial charge in [-0.15, -0.1) is 0 Å². The van der Waals surface area contributed by atoms with Gasteiger partial charge in [-0.25, -0.2) is 0 Å². The quantitative estimate of drug-likeness (QED) is 0.472. The van der Waals surface area contributed by atoms with Crippen molar-refractivity contribution in [2.75, 3.05) is 13.6 Å². The summed E-state index contributed by atoms with van der Waals surface area (Å²) in [5.41, 5.74) is 5.59. The number of aromatic nitrogens is 1. The van der Waals surface area contributed by atoms with E-state index in [0.29, 0.717) is 5.92 Å². The smallest absolute Gasteiger partial charge is 0.234 e. The summed E-state index contributed by atoms with van der Waals surface area (Å²) in [4.78, 5) is 5.00. The first-order valence-electron chi connectivity index (χ1n) is 11.0. The molecule has 0 saturated heterocycles. The van der Waals surface area contributed by atoms with Crippen LogP contribution in [0.15, 0.2) is 89.7 Å². The lowest BCUT2D eigenvalue weighted by Crippen LogP contribution is -2.11. The molecule has 32 heavy (non-hydrogen) atoms. The average Bonchev–Trinajstić information content (AvgIpc) is 3.40. The van der Waals surface area contributed by atoms with Crippen molar-refractivity contribution >= 4 is 25.3 Å². The highest BCUT2D eigenvalue weighted by molar-refractivity contribution is 6.08. The standard InChI is InChI=1S/C27H28BN3O/c1-20-19-22(30-27(20)25(16-17-29-2)26-9-6-18-31(26)28)13-10-21-11-14-24(15-12-21)32-23-7-4-3-5-8-23/h3-15,18,20,29H,16-17,19H2,1-2H3/b13-10+,27-25-. The molecule has 0 aliphatic carbocycles. The first kappa shape index (κ1) is 21.9. The van der Waals surface area contributed by atoms with E-state index in [0.717, 1.165) is 53.6 Å². The van der Waals surface area contributed by atoms with Crippen LogP contribution in [0.1, 0.15) is 31.0 Å². The van der Waals surface area contributed by atoms with Crippen LogP contribution in [-0.2, 0) is 0 Å². The third kappa shape index (κ3) is 5.29. The number of rotatable bonds is 8. The molecule has 1 unspecified atom stereocenters. The van der Waals surface area contributed by atoms with Crippen LogP contribution in [0.5, 0.6) is 11.5 Å². The van der Waals surface area contributed by atoms with Crippen molar-refractivity contribution < 1.29 is 4.74 Å². The van der Waals surface area contributed by atoms with Gasteiger partial charge in [-0.1, -0.05) is 43.3 Å². The number of hydrogen-bond donors (Lipinski definition) is 1. The van der Waals surface area contributed by atoms with Crippen LogP contribution in [0, 0.1) is 5.92 Å². The van der Waals surface area contributed by atoms with E-state index in [1.54, 1.807) is 4.48 Å². The Morgan fingerprint density at radius 2 is 1.81 bits per heavy atom. The summed E-state index contributed by atoms with van der Waals surface area (Å²) in [6, 6.07) is 21.9. The van der Waals surface area contributed by atoms with Gasteiger partial charge >= 0.3 is 0 Å². The second-order valence-corrected chi connectivity index (χ2v) is 8.04. The maximum atomic E-state index is 6.15. The Balaban J connectivity index is 1.51. The highest BCUT2D eigenvalue weighted by Crippen LogP contribution is 2.34. The number of hydrogen-bond acceptors (Lipinski definition) is 3. The summed E-state index contributed by atoms with van der Waals surface area (Å²) in [6.45, 7) is 3.12. The SMILES string of the molecule is [B]n1cccc1/C(CCNC)=C1N=C(/C=C/c2ccc(Oc3ccccc3)cc2)CC\1C. The summed E-state index contributed by atoms with van der Waals surface area (Å²) in [6.07, 6.45) is 7.92. The molecule has 1 aliphatic heterocycles. The Hall–Kier alpha value is -3.31. The fraction of sp³-hybridized carbons (Fsp3) is 0.222. The molecule has 0 amide bonds. The third-order valence-corrected chi connectivity index (χ3v) is 5.60. The Labute approximate surface area is 191 Å². The van der Waals surface area contributed by atoms with E-state index in [9.17, 15) is 0 Å². The number of ether oxygens (including phenoxy) is 1. The molecule has 2 aromatic carbocycles. The van der Waals surface area contributed by atoms with Gasteiger partial charge in [0.05, 0.1) is 0 Å². The normalized spacial score (nSPS) is 17.6. The van der Waals surface area contributed by atoms with Crippen LogP contribution < -0.4 is 10.1 Å². The van der Waals surface area contributed by atoms with Crippen LogP contribution in [0.2, 0.25) is 0 Å². The largest absolute Gasteiger partial charge is 0.457 e. The molecular formula is C27H28BN3O. The van der Waals surface area contributed by atoms with Crippen LogP contribution in [0.3, 0.4) is 0 Å². The summed E-state index contributed by atoms with van der Waals surface area (Å²) in [7, 11) is 8.11. The van der Waals surface area contributed by atoms with Gasteiger partial charge in [-0.3, -0.25) is 4.99 Å². The number of nitrogens with zero attached hydrogens (tertiary/aromatic N) is 2. The number of benzene rings is 2. The molecule has 0 bridgehead atoms. The van der Waals surface area contributed by atoms with Crippen molar-refractivity contribution in [2.45, 2.75) is 19.8 Å². The summed E-state index contributed by atoms with van der Waals surface area (Å²) in [5.74, 6) is 2.02. The maximum Gasteiger partial charge on any atom is 0.234 e. The fourth-order valence-corrected chi connectivity index (χ4v) is 3.94. The molecule has 2 radical (unpaired) electrons. The van der Waals surface area contributed by atoms with E-state index in [4.69, 9.17) is 17.7 Å². The van der Waals surface area contributed by atoms with Gasteiger partial charge in [0.15, 0.2) is 0 Å². The second kappa shape index (κ2) is 10.3. The van der Waals surface area contributed by atoms with E-state index in [1.165, 1.54) is 5.57 Å². The highest BCUT2D eigenvalue weighted by Gasteiger charge is 2.23. The molecule has 0 fully saturated rings. The van der Waals surface area contributed by atoms with Crippen LogP contribution in [-0.4, -0.2) is 31.8 Å². The molecule has 4 rings (SSSR count). The third-order valence-electron chi connectivity index (χ3n) is 5.60. The average molecular weight is 421 g/mol. The van der Waals surface area contributed by atoms with E-state index >= 15 is 0 Å². The van der Waals surface area contributed by atoms with Crippen molar-refractivity contribution in [1.29, 1.82) is 0 Å². The number of para-hydroxylation sites is 1. The monoisotopic (exact) mass is 421 g/mol. The first-order chi connectivity index (χ1) is 15.6. The zero-order chi connectivity index (χ0) is 22.3. The minimum atomic E-state index is 0.359. The Morgan fingerprint density at radius 3 is 2.50 bits per heavy atom. The summed E-state index contributed by atoms with van der Waals surface area (Å²) >= 11 is 0. The topological polar surface area (TPSA) is 38.5 Å². The van der Waals surface area contributed by atoms with Crippen molar-refractivity contribution in [3.05, 3.63) is 96.0 Å². The lowest BCUT2D eigenvalue weighted by atomic mass is 9.96. The Kier molecular flexibility index (Phi) is 7.08. The van der Waals surface area contributed by atoms with Gasteiger partial charge in [-0.2, -0.15) is 0 Å². The van der Waals surface area contributed by atoms with Crippen molar-refractivity contribution in [3.8, 4) is 11.5 Å². The van der Waals surface area contributed by atoms with E-state index in [2.05, 4.69) is 42.6 Å². The van der Waals surface area contributed by atoms with Gasteiger partial charge < -0.3 is 14.5 Å². The zero-order valence-electron chi connectivity index (χ0n) is 18.7. The minimum absolute atomic E-state index is 0.359.